The number of hydrogen-bond donors (Lipinski definition) is 3. The molecule has 0 amide bonds. The molecule has 1 aromatic carbocycles. The quantitative estimate of drug-likeness (QED) is 0.321. The molecule has 34 heavy (non-hydrogen) atoms. The van der Waals surface area contributed by atoms with Gasteiger partial charge in [-0.15, -0.1) is 0 Å². The first kappa shape index (κ1) is 24.7. The molecule has 0 aliphatic rings. The van der Waals surface area contributed by atoms with E-state index in [9.17, 15) is 0 Å². The average molecular weight is 460 g/mol. The van der Waals surface area contributed by atoms with Crippen LogP contribution in [0.3, 0.4) is 0 Å². The van der Waals surface area contributed by atoms with Crippen molar-refractivity contribution in [3.05, 3.63) is 73.5 Å². The molecule has 0 bridgehead atoms. The van der Waals surface area contributed by atoms with Crippen molar-refractivity contribution in [1.29, 1.82) is 0 Å². The number of imidazole rings is 2. The second-order valence-electron chi connectivity index (χ2n) is 6.90. The molecular formula is C25H33N9. The van der Waals surface area contributed by atoms with Crippen LogP contribution < -0.4 is 10.6 Å². The second-order valence-corrected chi connectivity index (χ2v) is 6.90. The number of nitrogens with zero attached hydrogens (tertiary/aromatic N) is 6. The molecule has 178 valence electrons. The number of aromatic nitrogens is 7. The summed E-state index contributed by atoms with van der Waals surface area (Å²) < 4.78 is 4.02. The smallest absolute Gasteiger partial charge is 0.180 e. The molecule has 4 heterocycles. The molecule has 0 atom stereocenters. The van der Waals surface area contributed by atoms with Crippen LogP contribution in [0, 0.1) is 0 Å². The number of rotatable bonds is 7. The molecule has 4 aromatic heterocycles. The first-order valence-corrected chi connectivity index (χ1v) is 11.7. The van der Waals surface area contributed by atoms with Crippen LogP contribution in [-0.4, -0.2) is 47.7 Å². The van der Waals surface area contributed by atoms with Gasteiger partial charge in [0.25, 0.3) is 0 Å². The fourth-order valence-corrected chi connectivity index (χ4v) is 3.37. The van der Waals surface area contributed by atoms with Crippen molar-refractivity contribution in [1.82, 2.24) is 39.4 Å². The number of hydrogen-bond acceptors (Lipinski definition) is 6. The fourth-order valence-electron chi connectivity index (χ4n) is 3.37. The third-order valence-corrected chi connectivity index (χ3v) is 4.90. The molecule has 5 rings (SSSR count). The Morgan fingerprint density at radius 1 is 1.03 bits per heavy atom. The maximum atomic E-state index is 4.83. The number of H-pyrrole nitrogens is 1. The first-order valence-electron chi connectivity index (χ1n) is 11.7. The average Bonchev–Trinajstić information content (AvgIpc) is 3.67. The van der Waals surface area contributed by atoms with Gasteiger partial charge in [0.05, 0.1) is 30.1 Å². The van der Waals surface area contributed by atoms with E-state index in [0.29, 0.717) is 5.82 Å². The summed E-state index contributed by atoms with van der Waals surface area (Å²) in [6.07, 6.45) is 13.8. The highest BCUT2D eigenvalue weighted by atomic mass is 15.1. The van der Waals surface area contributed by atoms with Gasteiger partial charge >= 0.3 is 0 Å². The summed E-state index contributed by atoms with van der Waals surface area (Å²) in [7, 11) is 1.94. The summed E-state index contributed by atoms with van der Waals surface area (Å²) >= 11 is 0. The van der Waals surface area contributed by atoms with E-state index < -0.39 is 0 Å². The van der Waals surface area contributed by atoms with Gasteiger partial charge in [0, 0.05) is 54.7 Å². The number of anilines is 2. The van der Waals surface area contributed by atoms with E-state index in [4.69, 9.17) is 4.98 Å². The van der Waals surface area contributed by atoms with Gasteiger partial charge < -0.3 is 15.2 Å². The number of likely N-dealkylation sites (N-methyl/N-ethyl adjacent to an activating group) is 1. The SMILES string of the molecule is CC.CC.CNCCc1cn2c(-c3cn[nH]c3)cnc2c(Nc2ccc(-n3ccnc3)cc2)n1. The second kappa shape index (κ2) is 12.3. The third-order valence-electron chi connectivity index (χ3n) is 4.90. The molecule has 0 saturated heterocycles. The Hall–Kier alpha value is -3.98. The van der Waals surface area contributed by atoms with Crippen molar-refractivity contribution >= 4 is 17.2 Å². The van der Waals surface area contributed by atoms with Crippen LogP contribution in [0.1, 0.15) is 33.4 Å². The first-order chi connectivity index (χ1) is 16.8. The topological polar surface area (TPSA) is 101 Å². The lowest BCUT2D eigenvalue weighted by Crippen LogP contribution is -2.12. The normalized spacial score (nSPS) is 10.3. The molecule has 3 N–H and O–H groups in total. The monoisotopic (exact) mass is 459 g/mol. The predicted molar refractivity (Wildman–Crippen MR) is 138 cm³/mol. The van der Waals surface area contributed by atoms with E-state index in [0.717, 1.165) is 46.9 Å². The third kappa shape index (κ3) is 5.49. The van der Waals surface area contributed by atoms with Crippen LogP contribution in [-0.2, 0) is 6.42 Å². The molecule has 0 fully saturated rings. The summed E-state index contributed by atoms with van der Waals surface area (Å²) in [6.45, 7) is 8.84. The van der Waals surface area contributed by atoms with Gasteiger partial charge in [-0.1, -0.05) is 27.7 Å². The Bertz CT molecular complexity index is 1240. The Balaban J connectivity index is 0.000000771. The fraction of sp³-hybridized carbons (Fsp3) is 0.280. The molecule has 9 nitrogen and oxygen atoms in total. The van der Waals surface area contributed by atoms with E-state index >= 15 is 0 Å². The molecule has 0 saturated carbocycles. The Kier molecular flexibility index (Phi) is 8.93. The lowest BCUT2D eigenvalue weighted by atomic mass is 10.2. The van der Waals surface area contributed by atoms with Gasteiger partial charge in [-0.2, -0.15) is 5.10 Å². The van der Waals surface area contributed by atoms with Gasteiger partial charge in [-0.05, 0) is 31.3 Å². The van der Waals surface area contributed by atoms with Crippen molar-refractivity contribution in [2.24, 2.45) is 0 Å². The zero-order valence-electron chi connectivity index (χ0n) is 20.4. The van der Waals surface area contributed by atoms with Gasteiger partial charge in [0.2, 0.25) is 0 Å². The van der Waals surface area contributed by atoms with E-state index in [1.807, 2.05) is 88.4 Å². The lowest BCUT2D eigenvalue weighted by Gasteiger charge is -2.11. The minimum absolute atomic E-state index is 0.716. The summed E-state index contributed by atoms with van der Waals surface area (Å²) in [4.78, 5) is 13.5. The summed E-state index contributed by atoms with van der Waals surface area (Å²) in [5, 5.41) is 13.5. The number of aromatic amines is 1. The van der Waals surface area contributed by atoms with Crippen LogP contribution >= 0.6 is 0 Å². The van der Waals surface area contributed by atoms with Crippen molar-refractivity contribution in [3.63, 3.8) is 0 Å². The number of nitrogens with one attached hydrogen (secondary N) is 3. The Labute approximate surface area is 200 Å². The molecule has 0 aliphatic carbocycles. The molecule has 0 spiro atoms. The van der Waals surface area contributed by atoms with Crippen LogP contribution in [0.2, 0.25) is 0 Å². The minimum Gasteiger partial charge on any atom is -0.337 e. The van der Waals surface area contributed by atoms with Crippen LogP contribution in [0.15, 0.2) is 67.8 Å². The molecule has 0 unspecified atom stereocenters. The van der Waals surface area contributed by atoms with E-state index in [-0.39, 0.29) is 0 Å². The Morgan fingerprint density at radius 2 is 1.82 bits per heavy atom. The number of benzene rings is 1. The Morgan fingerprint density at radius 3 is 2.47 bits per heavy atom. The van der Waals surface area contributed by atoms with Crippen LogP contribution in [0.4, 0.5) is 11.5 Å². The van der Waals surface area contributed by atoms with Gasteiger partial charge in [0.15, 0.2) is 11.5 Å². The predicted octanol–water partition coefficient (Wildman–Crippen LogP) is 4.86. The lowest BCUT2D eigenvalue weighted by molar-refractivity contribution is 0.772. The van der Waals surface area contributed by atoms with Crippen LogP contribution in [0.5, 0.6) is 0 Å². The molecule has 9 heteroatoms. The largest absolute Gasteiger partial charge is 0.337 e. The van der Waals surface area contributed by atoms with E-state index in [2.05, 4.69) is 35.2 Å². The maximum Gasteiger partial charge on any atom is 0.180 e. The van der Waals surface area contributed by atoms with E-state index in [1.165, 1.54) is 0 Å². The van der Waals surface area contributed by atoms with Crippen molar-refractivity contribution in [3.8, 4) is 16.9 Å². The summed E-state index contributed by atoms with van der Waals surface area (Å²) in [5.41, 5.74) is 5.65. The maximum absolute atomic E-state index is 4.83. The van der Waals surface area contributed by atoms with Crippen LogP contribution in [0.25, 0.3) is 22.6 Å². The zero-order chi connectivity index (χ0) is 24.3. The standard InChI is InChI=1S/C21H21N9.2C2H6/c1-22-7-6-17-13-30-19(15-10-25-26-11-15)12-24-21(30)20(28-17)27-16-2-4-18(5-3-16)29-9-8-23-14-29;2*1-2/h2-5,8-14,22H,6-7H2,1H3,(H,25,26)(H,27,28);2*1-2H3. The highest BCUT2D eigenvalue weighted by Crippen LogP contribution is 2.26. The zero-order valence-corrected chi connectivity index (χ0v) is 20.4. The van der Waals surface area contributed by atoms with Gasteiger partial charge in [-0.25, -0.2) is 15.0 Å². The molecule has 0 radical (unpaired) electrons. The minimum atomic E-state index is 0.716. The highest BCUT2D eigenvalue weighted by Gasteiger charge is 2.14. The highest BCUT2D eigenvalue weighted by molar-refractivity contribution is 5.74. The van der Waals surface area contributed by atoms with Gasteiger partial charge in [0.1, 0.15) is 0 Å². The van der Waals surface area contributed by atoms with Crippen molar-refractivity contribution < 1.29 is 0 Å². The molecule has 5 aromatic rings. The van der Waals surface area contributed by atoms with Crippen molar-refractivity contribution in [2.75, 3.05) is 18.9 Å². The molecule has 0 aliphatic heterocycles. The summed E-state index contributed by atoms with van der Waals surface area (Å²) in [6, 6.07) is 8.12. The number of fused-ring (bicyclic) bond motifs is 1. The summed E-state index contributed by atoms with van der Waals surface area (Å²) in [5.74, 6) is 0.716. The van der Waals surface area contributed by atoms with Gasteiger partial charge in [-0.3, -0.25) is 9.50 Å². The van der Waals surface area contributed by atoms with E-state index in [1.54, 1.807) is 18.7 Å². The van der Waals surface area contributed by atoms with Crippen molar-refractivity contribution in [2.45, 2.75) is 34.1 Å². The molecular weight excluding hydrogens is 426 g/mol.